The van der Waals surface area contributed by atoms with E-state index in [2.05, 4.69) is 0 Å². The van der Waals surface area contributed by atoms with Gasteiger partial charge in [0.2, 0.25) is 0 Å². The Morgan fingerprint density at radius 1 is 0.971 bits per heavy atom. The van der Waals surface area contributed by atoms with Gasteiger partial charge in [-0.2, -0.15) is 0 Å². The Labute approximate surface area is 201 Å². The van der Waals surface area contributed by atoms with Gasteiger partial charge in [-0.05, 0) is 54.3 Å². The second kappa shape index (κ2) is 9.04. The fraction of sp³-hybridized carbons (Fsp3) is 0.0769. The van der Waals surface area contributed by atoms with Crippen LogP contribution >= 0.6 is 23.5 Å². The normalized spacial score (nSPS) is 11.4. The highest BCUT2D eigenvalue weighted by atomic mass is 32.2. The van der Waals surface area contributed by atoms with Gasteiger partial charge in [-0.3, -0.25) is 4.79 Å². The molecule has 0 aliphatic rings. The molecule has 8 heteroatoms. The first kappa shape index (κ1) is 22.3. The molecule has 0 saturated heterocycles. The molecule has 0 atom stereocenters. The number of aromatic nitrogens is 1. The topological polar surface area (TPSA) is 72.4 Å². The van der Waals surface area contributed by atoms with E-state index in [0.29, 0.717) is 16.5 Å². The fourth-order valence-corrected chi connectivity index (χ4v) is 5.12. The molecule has 5 aromatic rings. The number of hydrogen-bond acceptors (Lipinski definition) is 6. The highest BCUT2D eigenvalue weighted by molar-refractivity contribution is 7.99. The molecule has 5 nitrogen and oxygen atoms in total. The summed E-state index contributed by atoms with van der Waals surface area (Å²) in [5, 5.41) is 11.6. The maximum Gasteiger partial charge on any atom is 0.354 e. The van der Waals surface area contributed by atoms with Gasteiger partial charge in [0, 0.05) is 15.2 Å². The number of fused-ring (bicyclic) bond motifs is 3. The monoisotopic (exact) mass is 491 g/mol. The van der Waals surface area contributed by atoms with E-state index in [4.69, 9.17) is 4.42 Å². The van der Waals surface area contributed by atoms with Crippen LogP contribution in [0.15, 0.2) is 101 Å². The van der Waals surface area contributed by atoms with Crippen LogP contribution in [0.3, 0.4) is 0 Å². The quantitative estimate of drug-likeness (QED) is 0.245. The third kappa shape index (κ3) is 3.99. The molecule has 3 aromatic carbocycles. The van der Waals surface area contributed by atoms with Crippen molar-refractivity contribution < 1.29 is 13.9 Å². The predicted octanol–water partition coefficient (Wildman–Crippen LogP) is 5.87. The molecule has 0 aliphatic heterocycles. The number of rotatable bonds is 5. The van der Waals surface area contributed by atoms with E-state index in [9.17, 15) is 19.1 Å². The number of hydrogen-bond donors (Lipinski definition) is 1. The van der Waals surface area contributed by atoms with Crippen molar-refractivity contribution in [3.8, 4) is 5.75 Å². The minimum atomic E-state index is -0.717. The van der Waals surface area contributed by atoms with Gasteiger partial charge in [-0.25, -0.2) is 9.18 Å². The molecule has 5 rings (SSSR count). The summed E-state index contributed by atoms with van der Waals surface area (Å²) in [6, 6.07) is 20.4. The lowest BCUT2D eigenvalue weighted by molar-refractivity contribution is 0.446. The molecular formula is C26H18FNO4S2. The van der Waals surface area contributed by atoms with Crippen molar-refractivity contribution in [3.05, 3.63) is 105 Å². The number of benzene rings is 3. The summed E-state index contributed by atoms with van der Waals surface area (Å²) in [4.78, 5) is 28.1. The Hall–Kier alpha value is -3.49. The Morgan fingerprint density at radius 2 is 1.71 bits per heavy atom. The predicted molar refractivity (Wildman–Crippen MR) is 134 cm³/mol. The zero-order chi connectivity index (χ0) is 23.8. The smallest absolute Gasteiger partial charge is 0.354 e. The number of nitrogens with zero attached hydrogens (tertiary/aromatic N) is 1. The molecule has 0 fully saturated rings. The Kier molecular flexibility index (Phi) is 5.93. The lowest BCUT2D eigenvalue weighted by Gasteiger charge is -2.15. The van der Waals surface area contributed by atoms with Gasteiger partial charge in [0.25, 0.3) is 5.56 Å². The summed E-state index contributed by atoms with van der Waals surface area (Å²) < 4.78 is 20.6. The second-order valence-corrected chi connectivity index (χ2v) is 9.55. The van der Waals surface area contributed by atoms with Crippen LogP contribution in [-0.4, -0.2) is 15.9 Å². The van der Waals surface area contributed by atoms with E-state index in [0.717, 1.165) is 21.6 Å². The molecule has 0 saturated carbocycles. The number of aromatic hydroxyl groups is 1. The van der Waals surface area contributed by atoms with Crippen molar-refractivity contribution >= 4 is 45.4 Å². The average Bonchev–Trinajstić information content (AvgIpc) is 2.85. The number of thioether (sulfide) groups is 1. The molecule has 34 heavy (non-hydrogen) atoms. The third-order valence-corrected chi connectivity index (χ3v) is 7.27. The number of halogens is 1. The summed E-state index contributed by atoms with van der Waals surface area (Å²) in [5.74, 6) is -0.777. The molecular weight excluding hydrogens is 473 g/mol. The van der Waals surface area contributed by atoms with E-state index < -0.39 is 16.9 Å². The van der Waals surface area contributed by atoms with Gasteiger partial charge in [0.1, 0.15) is 16.1 Å². The highest BCUT2D eigenvalue weighted by Gasteiger charge is 2.22. The third-order valence-electron chi connectivity index (χ3n) is 5.47. The van der Waals surface area contributed by atoms with Crippen molar-refractivity contribution in [2.45, 2.75) is 21.2 Å². The van der Waals surface area contributed by atoms with Crippen LogP contribution in [0.5, 0.6) is 5.75 Å². The Balaban J connectivity index is 1.81. The molecule has 0 aliphatic carbocycles. The highest BCUT2D eigenvalue weighted by Crippen LogP contribution is 2.37. The minimum absolute atomic E-state index is 0.0474. The zero-order valence-corrected chi connectivity index (χ0v) is 19.6. The minimum Gasteiger partial charge on any atom is -0.505 e. The van der Waals surface area contributed by atoms with Crippen molar-refractivity contribution in [3.63, 3.8) is 0 Å². The first-order valence-corrected chi connectivity index (χ1v) is 12.4. The summed E-state index contributed by atoms with van der Waals surface area (Å²) in [7, 11) is 0. The fourth-order valence-electron chi connectivity index (χ4n) is 3.83. The SMILES string of the molecule is CSc1ccc2c(c1)c1oc(=O)c(Sc3ccccc3)c(O)c1c(=O)n2Cc1ccc(F)cc1. The van der Waals surface area contributed by atoms with Crippen molar-refractivity contribution in [1.29, 1.82) is 0 Å². The molecule has 0 bridgehead atoms. The van der Waals surface area contributed by atoms with Gasteiger partial charge >= 0.3 is 5.63 Å². The van der Waals surface area contributed by atoms with Crippen molar-refractivity contribution in [2.24, 2.45) is 0 Å². The van der Waals surface area contributed by atoms with Gasteiger partial charge in [-0.15, -0.1) is 11.8 Å². The molecule has 1 N–H and O–H groups in total. The number of pyridine rings is 1. The summed E-state index contributed by atoms with van der Waals surface area (Å²) in [6.45, 7) is 0.157. The van der Waals surface area contributed by atoms with Crippen LogP contribution in [0, 0.1) is 5.82 Å². The second-order valence-electron chi connectivity index (χ2n) is 7.59. The molecule has 170 valence electrons. The van der Waals surface area contributed by atoms with E-state index in [1.165, 1.54) is 28.5 Å². The lowest BCUT2D eigenvalue weighted by atomic mass is 10.1. The standard InChI is InChI=1S/C26H18FNO4S2/c1-33-18-11-12-20-19(13-18)23-21(25(30)28(20)14-15-7-9-16(27)10-8-15)22(29)24(26(31)32-23)34-17-5-3-2-4-6-17/h2-13,29H,14H2,1H3. The maximum atomic E-state index is 13.7. The first-order chi connectivity index (χ1) is 16.5. The molecule has 0 radical (unpaired) electrons. The first-order valence-electron chi connectivity index (χ1n) is 10.3. The van der Waals surface area contributed by atoms with E-state index in [1.54, 1.807) is 30.3 Å². The molecule has 0 unspecified atom stereocenters. The van der Waals surface area contributed by atoms with Gasteiger partial charge < -0.3 is 14.1 Å². The van der Waals surface area contributed by atoms with Crippen LogP contribution in [-0.2, 0) is 6.54 Å². The van der Waals surface area contributed by atoms with Crippen LogP contribution in [0.25, 0.3) is 21.9 Å². The van der Waals surface area contributed by atoms with Crippen molar-refractivity contribution in [2.75, 3.05) is 6.26 Å². The molecule has 0 amide bonds. The Bertz CT molecular complexity index is 1640. The van der Waals surface area contributed by atoms with Crippen LogP contribution < -0.4 is 11.2 Å². The molecule has 2 heterocycles. The van der Waals surface area contributed by atoms with Gasteiger partial charge in [0.05, 0.1) is 12.1 Å². The largest absolute Gasteiger partial charge is 0.505 e. The zero-order valence-electron chi connectivity index (χ0n) is 17.9. The van der Waals surface area contributed by atoms with Crippen LogP contribution in [0.1, 0.15) is 5.56 Å². The van der Waals surface area contributed by atoms with E-state index in [-0.39, 0.29) is 28.2 Å². The molecule has 0 spiro atoms. The van der Waals surface area contributed by atoms with Gasteiger partial charge in [0.15, 0.2) is 11.3 Å². The molecule has 2 aromatic heterocycles. The van der Waals surface area contributed by atoms with Crippen molar-refractivity contribution in [1.82, 2.24) is 4.57 Å². The van der Waals surface area contributed by atoms with E-state index >= 15 is 0 Å². The summed E-state index contributed by atoms with van der Waals surface area (Å²) >= 11 is 2.54. The van der Waals surface area contributed by atoms with Crippen LogP contribution in [0.4, 0.5) is 4.39 Å². The Morgan fingerprint density at radius 3 is 2.41 bits per heavy atom. The van der Waals surface area contributed by atoms with Crippen LogP contribution in [0.2, 0.25) is 0 Å². The van der Waals surface area contributed by atoms with E-state index in [1.807, 2.05) is 36.6 Å². The summed E-state index contributed by atoms with van der Waals surface area (Å²) in [6.07, 6.45) is 1.92. The summed E-state index contributed by atoms with van der Waals surface area (Å²) in [5.41, 5.74) is 0.0935. The average molecular weight is 492 g/mol. The van der Waals surface area contributed by atoms with Gasteiger partial charge in [-0.1, -0.05) is 42.1 Å². The lowest BCUT2D eigenvalue weighted by Crippen LogP contribution is -2.23. The maximum absolute atomic E-state index is 13.7.